The van der Waals surface area contributed by atoms with Crippen molar-refractivity contribution in [1.82, 2.24) is 0 Å². The summed E-state index contributed by atoms with van der Waals surface area (Å²) in [5.74, 6) is -5.35. The first kappa shape index (κ1) is 12.2. The van der Waals surface area contributed by atoms with Gasteiger partial charge in [-0.2, -0.15) is 17.6 Å². The minimum atomic E-state index is -5.35. The summed E-state index contributed by atoms with van der Waals surface area (Å²) in [5, 5.41) is 0. The molecule has 0 rings (SSSR count). The van der Waals surface area contributed by atoms with Gasteiger partial charge < -0.3 is 0 Å². The highest BCUT2D eigenvalue weighted by molar-refractivity contribution is 14.1. The van der Waals surface area contributed by atoms with Crippen molar-refractivity contribution in [2.24, 2.45) is 0 Å². The van der Waals surface area contributed by atoms with E-state index in [1.54, 1.807) is 0 Å². The molecule has 0 N–H and O–H groups in total. The van der Waals surface area contributed by atoms with Crippen molar-refractivity contribution in [3.8, 4) is 0 Å². The van der Waals surface area contributed by atoms with Crippen LogP contribution in [0.5, 0.6) is 0 Å². The molecule has 8 heteroatoms. The van der Waals surface area contributed by atoms with E-state index in [2.05, 4.69) is 0 Å². The van der Waals surface area contributed by atoms with Crippen LogP contribution in [0.3, 0.4) is 0 Å². The van der Waals surface area contributed by atoms with E-state index in [0.717, 1.165) is 0 Å². The molecule has 0 aliphatic heterocycles. The van der Waals surface area contributed by atoms with Gasteiger partial charge >= 0.3 is 9.85 Å². The third kappa shape index (κ3) is 2.36. The van der Waals surface area contributed by atoms with Crippen LogP contribution >= 0.6 is 22.6 Å². The molecule has 0 aromatic carbocycles. The van der Waals surface area contributed by atoms with E-state index in [1.807, 2.05) is 0 Å². The molecule has 0 aromatic heterocycles. The Bertz CT molecular complexity index is 150. The van der Waals surface area contributed by atoms with Crippen LogP contribution < -0.4 is 0 Å². The van der Waals surface area contributed by atoms with E-state index < -0.39 is 22.4 Å². The van der Waals surface area contributed by atoms with Gasteiger partial charge in [0.15, 0.2) is 0 Å². The zero-order valence-electron chi connectivity index (χ0n) is 5.18. The normalized spacial score (nSPS) is 16.8. The highest BCUT2D eigenvalue weighted by atomic mass is 127. The number of rotatable bonds is 3. The molecule has 0 heterocycles. The Labute approximate surface area is 76.3 Å². The Balaban J connectivity index is 4.61. The van der Waals surface area contributed by atoms with Gasteiger partial charge in [0.2, 0.25) is 6.17 Å². The van der Waals surface area contributed by atoms with Crippen molar-refractivity contribution in [3.63, 3.8) is 0 Å². The fraction of sp³-hybridized carbons (Fsp3) is 1.00. The summed E-state index contributed by atoms with van der Waals surface area (Å²) >= 11 is -0.0887. The molecule has 0 saturated heterocycles. The topological polar surface area (TPSA) is 0 Å². The van der Waals surface area contributed by atoms with Crippen molar-refractivity contribution in [2.45, 2.75) is 22.4 Å². The van der Waals surface area contributed by atoms with Gasteiger partial charge in [-0.3, -0.25) is 0 Å². The summed E-state index contributed by atoms with van der Waals surface area (Å²) in [6.45, 7) is 0. The lowest BCUT2D eigenvalue weighted by atomic mass is 10.2. The first-order valence-corrected chi connectivity index (χ1v) is 3.55. The molecule has 0 aliphatic rings. The summed E-state index contributed by atoms with van der Waals surface area (Å²) in [6, 6.07) is 0. The van der Waals surface area contributed by atoms with Crippen molar-refractivity contribution >= 4 is 22.6 Å². The Morgan fingerprint density at radius 2 is 1.25 bits per heavy atom. The number of hydrogen-bond donors (Lipinski definition) is 0. The fourth-order valence-electron chi connectivity index (χ4n) is 0.315. The molecule has 1 atom stereocenters. The molecule has 0 aromatic rings. The van der Waals surface area contributed by atoms with Crippen molar-refractivity contribution in [1.29, 1.82) is 0 Å². The van der Waals surface area contributed by atoms with Crippen molar-refractivity contribution < 1.29 is 30.7 Å². The van der Waals surface area contributed by atoms with E-state index in [-0.39, 0.29) is 22.6 Å². The monoisotopic (exact) mass is 310 g/mol. The Hall–Kier alpha value is 0.240. The van der Waals surface area contributed by atoms with E-state index in [9.17, 15) is 30.7 Å². The highest BCUT2D eigenvalue weighted by Crippen LogP contribution is 2.44. The van der Waals surface area contributed by atoms with E-state index >= 15 is 0 Å². The third-order valence-corrected chi connectivity index (χ3v) is 1.66. The summed E-state index contributed by atoms with van der Waals surface area (Å²) in [5.41, 5.74) is 0. The molecule has 12 heavy (non-hydrogen) atoms. The van der Waals surface area contributed by atoms with Crippen LogP contribution in [-0.2, 0) is 0 Å². The van der Waals surface area contributed by atoms with Crippen molar-refractivity contribution in [2.75, 3.05) is 0 Å². The molecule has 0 saturated carbocycles. The first-order chi connectivity index (χ1) is 5.10. The molecule has 0 spiro atoms. The zero-order valence-corrected chi connectivity index (χ0v) is 7.34. The maximum Gasteiger partial charge on any atom is 0.361 e. The number of hydrogen-bond acceptors (Lipinski definition) is 0. The van der Waals surface area contributed by atoms with Gasteiger partial charge in [0, 0.05) is 22.6 Å². The lowest BCUT2D eigenvalue weighted by Crippen LogP contribution is -2.47. The van der Waals surface area contributed by atoms with Gasteiger partial charge in [0.1, 0.15) is 0 Å². The van der Waals surface area contributed by atoms with Crippen LogP contribution in [0, 0.1) is 0 Å². The molecule has 0 fully saturated rings. The van der Waals surface area contributed by atoms with Crippen LogP contribution in [0.25, 0.3) is 0 Å². The van der Waals surface area contributed by atoms with Crippen molar-refractivity contribution in [3.05, 3.63) is 0 Å². The predicted molar refractivity (Wildman–Crippen MR) is 34.8 cm³/mol. The minimum Gasteiger partial charge on any atom is -0.234 e. The Kier molecular flexibility index (Phi) is 3.61. The largest absolute Gasteiger partial charge is 0.361 e. The molecular weight excluding hydrogens is 308 g/mol. The van der Waals surface area contributed by atoms with Gasteiger partial charge in [-0.15, -0.1) is 0 Å². The smallest absolute Gasteiger partial charge is 0.234 e. The molecule has 0 radical (unpaired) electrons. The average Bonchev–Trinajstić information content (AvgIpc) is 1.83. The van der Waals surface area contributed by atoms with Gasteiger partial charge in [-0.25, -0.2) is 13.2 Å². The Morgan fingerprint density at radius 1 is 0.917 bits per heavy atom. The third-order valence-electron chi connectivity index (χ3n) is 0.946. The Morgan fingerprint density at radius 3 is 1.33 bits per heavy atom. The lowest BCUT2D eigenvalue weighted by molar-refractivity contribution is -0.207. The quantitative estimate of drug-likeness (QED) is 0.426. The van der Waals surface area contributed by atoms with Crippen LogP contribution in [0.1, 0.15) is 0 Å². The molecule has 0 bridgehead atoms. The SMILES string of the molecule is FC(F)C(F)C(F)(F)C(F)(F)I. The van der Waals surface area contributed by atoms with Gasteiger partial charge in [-0.1, -0.05) is 0 Å². The highest BCUT2D eigenvalue weighted by Gasteiger charge is 2.63. The number of halogens is 8. The molecular formula is C4H2F7I. The molecule has 1 unspecified atom stereocenters. The summed E-state index contributed by atoms with van der Waals surface area (Å²) < 4.78 is 77.0. The molecule has 0 aliphatic carbocycles. The lowest BCUT2D eigenvalue weighted by Gasteiger charge is -2.24. The van der Waals surface area contributed by atoms with Crippen LogP contribution in [0.4, 0.5) is 30.7 Å². The van der Waals surface area contributed by atoms with Crippen LogP contribution in [-0.4, -0.2) is 22.4 Å². The summed E-state index contributed by atoms with van der Waals surface area (Å²) in [4.78, 5) is 0. The van der Waals surface area contributed by atoms with Crippen LogP contribution in [0.15, 0.2) is 0 Å². The van der Waals surface area contributed by atoms with Gasteiger partial charge in [0.05, 0.1) is 0 Å². The molecule has 74 valence electrons. The summed E-state index contributed by atoms with van der Waals surface area (Å²) in [7, 11) is 0. The van der Waals surface area contributed by atoms with E-state index in [4.69, 9.17) is 0 Å². The summed E-state index contributed by atoms with van der Waals surface area (Å²) in [6.07, 6.45) is -8.27. The zero-order chi connectivity index (χ0) is 10.2. The average molecular weight is 310 g/mol. The minimum absolute atomic E-state index is 0.0887. The number of alkyl halides is 8. The first-order valence-electron chi connectivity index (χ1n) is 2.47. The standard InChI is InChI=1S/C4H2F7I/c5-1(2(6)7)3(8,9)4(10,11)12/h1-2H. The maximum atomic E-state index is 12.0. The van der Waals surface area contributed by atoms with Gasteiger partial charge in [-0.05, 0) is 0 Å². The second kappa shape index (κ2) is 3.54. The fourth-order valence-corrected chi connectivity index (χ4v) is 0.612. The second-order valence-electron chi connectivity index (χ2n) is 1.86. The van der Waals surface area contributed by atoms with E-state index in [0.29, 0.717) is 0 Å². The maximum absolute atomic E-state index is 12.0. The van der Waals surface area contributed by atoms with E-state index in [1.165, 1.54) is 0 Å². The second-order valence-corrected chi connectivity index (χ2v) is 3.21. The molecule has 0 amide bonds. The van der Waals surface area contributed by atoms with Gasteiger partial charge in [0.25, 0.3) is 6.43 Å². The predicted octanol–water partition coefficient (Wildman–Crippen LogP) is 3.25. The van der Waals surface area contributed by atoms with Crippen LogP contribution in [0.2, 0.25) is 0 Å². The molecule has 0 nitrogen and oxygen atoms in total.